The van der Waals surface area contributed by atoms with Crippen LogP contribution in [-0.4, -0.2) is 47.4 Å². The van der Waals surface area contributed by atoms with Crippen LogP contribution in [0.3, 0.4) is 0 Å². The van der Waals surface area contributed by atoms with Crippen LogP contribution in [0.5, 0.6) is 0 Å². The molecule has 3 amide bonds. The highest BCUT2D eigenvalue weighted by molar-refractivity contribution is 6.31. The molecule has 1 aromatic rings. The molecule has 1 saturated heterocycles. The molecule has 132 valence electrons. The maximum absolute atomic E-state index is 12.2. The molecule has 2 rings (SSSR count). The molecule has 6 heteroatoms. The van der Waals surface area contributed by atoms with E-state index in [1.165, 1.54) is 0 Å². The monoisotopic (exact) mass is 351 g/mol. The molecule has 1 aliphatic rings. The molecule has 1 atom stereocenters. The van der Waals surface area contributed by atoms with E-state index in [0.29, 0.717) is 31.1 Å². The number of hydrogen-bond acceptors (Lipinski definition) is 2. The highest BCUT2D eigenvalue weighted by Gasteiger charge is 2.36. The molecule has 5 nitrogen and oxygen atoms in total. The van der Waals surface area contributed by atoms with Crippen LogP contribution in [0.1, 0.15) is 32.8 Å². The van der Waals surface area contributed by atoms with Gasteiger partial charge in [-0.25, -0.2) is 4.79 Å². The lowest BCUT2D eigenvalue weighted by molar-refractivity contribution is -0.131. The van der Waals surface area contributed by atoms with Crippen molar-refractivity contribution in [3.05, 3.63) is 34.9 Å². The fourth-order valence-electron chi connectivity index (χ4n) is 2.89. The van der Waals surface area contributed by atoms with Crippen molar-refractivity contribution in [1.82, 2.24) is 15.1 Å². The van der Waals surface area contributed by atoms with E-state index in [2.05, 4.69) is 5.32 Å². The largest absolute Gasteiger partial charge is 0.338 e. The molecule has 1 N–H and O–H groups in total. The van der Waals surface area contributed by atoms with E-state index in [9.17, 15) is 9.59 Å². The maximum Gasteiger partial charge on any atom is 0.317 e. The van der Waals surface area contributed by atoms with Gasteiger partial charge in [-0.15, -0.1) is 0 Å². The van der Waals surface area contributed by atoms with Crippen LogP contribution in [0, 0.1) is 5.92 Å². The van der Waals surface area contributed by atoms with E-state index in [0.717, 1.165) is 5.56 Å². The van der Waals surface area contributed by atoms with Crippen LogP contribution in [0.2, 0.25) is 5.02 Å². The van der Waals surface area contributed by atoms with Gasteiger partial charge in [0.2, 0.25) is 5.91 Å². The number of urea groups is 1. The van der Waals surface area contributed by atoms with Crippen LogP contribution in [-0.2, 0) is 11.3 Å². The minimum Gasteiger partial charge on any atom is -0.338 e. The number of benzene rings is 1. The standard InChI is InChI=1S/C18H26ClN3O2/c1-18(2,3)22-11-13(9-16(22)23)10-20-17(24)21(4)12-14-7-5-6-8-15(14)19/h5-8,13H,9-12H2,1-4H3,(H,20,24)/t13-/m0/s1. The van der Waals surface area contributed by atoms with E-state index in [4.69, 9.17) is 11.6 Å². The normalized spacial score (nSPS) is 18.0. The highest BCUT2D eigenvalue weighted by atomic mass is 35.5. The Hall–Kier alpha value is -1.75. The number of hydrogen-bond donors (Lipinski definition) is 1. The van der Waals surface area contributed by atoms with Crippen molar-refractivity contribution in [2.75, 3.05) is 20.1 Å². The van der Waals surface area contributed by atoms with Crippen molar-refractivity contribution in [1.29, 1.82) is 0 Å². The molecule has 0 saturated carbocycles. The lowest BCUT2D eigenvalue weighted by Gasteiger charge is -2.32. The molecule has 0 spiro atoms. The van der Waals surface area contributed by atoms with Crippen LogP contribution < -0.4 is 5.32 Å². The number of halogens is 1. The van der Waals surface area contributed by atoms with Gasteiger partial charge in [-0.2, -0.15) is 0 Å². The zero-order chi connectivity index (χ0) is 17.9. The first kappa shape index (κ1) is 18.6. The van der Waals surface area contributed by atoms with E-state index >= 15 is 0 Å². The highest BCUT2D eigenvalue weighted by Crippen LogP contribution is 2.25. The molecule has 0 bridgehead atoms. The Labute approximate surface area is 149 Å². The van der Waals surface area contributed by atoms with Crippen molar-refractivity contribution in [3.8, 4) is 0 Å². The van der Waals surface area contributed by atoms with Gasteiger partial charge in [0, 0.05) is 49.6 Å². The van der Waals surface area contributed by atoms with Crippen LogP contribution in [0.15, 0.2) is 24.3 Å². The number of carbonyl (C=O) groups is 2. The zero-order valence-electron chi connectivity index (χ0n) is 14.8. The predicted octanol–water partition coefficient (Wildman–Crippen LogP) is 3.13. The molecule has 1 heterocycles. The number of likely N-dealkylation sites (tertiary alicyclic amines) is 1. The first-order valence-corrected chi connectivity index (χ1v) is 8.59. The van der Waals surface area contributed by atoms with Gasteiger partial charge in [-0.05, 0) is 32.4 Å². The van der Waals surface area contributed by atoms with Gasteiger partial charge in [0.05, 0.1) is 0 Å². The van der Waals surface area contributed by atoms with Crippen molar-refractivity contribution < 1.29 is 9.59 Å². The molecule has 1 aliphatic heterocycles. The van der Waals surface area contributed by atoms with Gasteiger partial charge in [0.25, 0.3) is 0 Å². The van der Waals surface area contributed by atoms with Gasteiger partial charge >= 0.3 is 6.03 Å². The Morgan fingerprint density at radius 3 is 2.62 bits per heavy atom. The Morgan fingerprint density at radius 1 is 1.38 bits per heavy atom. The summed E-state index contributed by atoms with van der Waals surface area (Å²) in [6.45, 7) is 7.74. The number of carbonyl (C=O) groups excluding carboxylic acids is 2. The molecule has 0 aliphatic carbocycles. The summed E-state index contributed by atoms with van der Waals surface area (Å²) in [6, 6.07) is 7.33. The fraction of sp³-hybridized carbons (Fsp3) is 0.556. The van der Waals surface area contributed by atoms with Gasteiger partial charge in [0.1, 0.15) is 0 Å². The van der Waals surface area contributed by atoms with Gasteiger partial charge in [0.15, 0.2) is 0 Å². The molecule has 0 aromatic heterocycles. The van der Waals surface area contributed by atoms with E-state index in [1.807, 2.05) is 49.9 Å². The number of nitrogens with one attached hydrogen (secondary N) is 1. The first-order chi connectivity index (χ1) is 11.2. The lowest BCUT2D eigenvalue weighted by Crippen LogP contribution is -2.43. The van der Waals surface area contributed by atoms with Crippen molar-refractivity contribution >= 4 is 23.5 Å². The Kier molecular flexibility index (Phi) is 5.75. The third kappa shape index (κ3) is 4.63. The van der Waals surface area contributed by atoms with Gasteiger partial charge in [-0.1, -0.05) is 29.8 Å². The molecular weight excluding hydrogens is 326 g/mol. The number of nitrogens with zero attached hydrogens (tertiary/aromatic N) is 2. The first-order valence-electron chi connectivity index (χ1n) is 8.21. The van der Waals surface area contributed by atoms with Crippen molar-refractivity contribution in [2.45, 2.75) is 39.3 Å². The Morgan fingerprint density at radius 2 is 2.04 bits per heavy atom. The number of amides is 3. The van der Waals surface area contributed by atoms with Crippen molar-refractivity contribution in [3.63, 3.8) is 0 Å². The minimum absolute atomic E-state index is 0.156. The second kappa shape index (κ2) is 7.43. The quantitative estimate of drug-likeness (QED) is 0.906. The Bertz CT molecular complexity index is 613. The zero-order valence-corrected chi connectivity index (χ0v) is 15.6. The average molecular weight is 352 g/mol. The van der Waals surface area contributed by atoms with E-state index in [-0.39, 0.29) is 23.4 Å². The fourth-order valence-corrected chi connectivity index (χ4v) is 3.08. The average Bonchev–Trinajstić information content (AvgIpc) is 2.88. The lowest BCUT2D eigenvalue weighted by atomic mass is 10.1. The second-order valence-electron chi connectivity index (χ2n) is 7.38. The summed E-state index contributed by atoms with van der Waals surface area (Å²) in [7, 11) is 1.74. The second-order valence-corrected chi connectivity index (χ2v) is 7.79. The minimum atomic E-state index is -0.170. The summed E-state index contributed by atoms with van der Waals surface area (Å²) < 4.78 is 0. The SMILES string of the molecule is CN(Cc1ccccc1Cl)C(=O)NC[C@@H]1CC(=O)N(C(C)(C)C)C1. The molecular formula is C18H26ClN3O2. The van der Waals surface area contributed by atoms with Crippen molar-refractivity contribution in [2.24, 2.45) is 5.92 Å². The third-order valence-corrected chi connectivity index (χ3v) is 4.64. The van der Waals surface area contributed by atoms with Crippen LogP contribution >= 0.6 is 11.6 Å². The maximum atomic E-state index is 12.2. The van der Waals surface area contributed by atoms with E-state index < -0.39 is 0 Å². The third-order valence-electron chi connectivity index (χ3n) is 4.27. The summed E-state index contributed by atoms with van der Waals surface area (Å²) in [4.78, 5) is 27.8. The van der Waals surface area contributed by atoms with Gasteiger partial charge in [-0.3, -0.25) is 4.79 Å². The van der Waals surface area contributed by atoms with Crippen LogP contribution in [0.4, 0.5) is 4.79 Å². The van der Waals surface area contributed by atoms with Crippen LogP contribution in [0.25, 0.3) is 0 Å². The topological polar surface area (TPSA) is 52.7 Å². The molecule has 0 radical (unpaired) electrons. The smallest absolute Gasteiger partial charge is 0.317 e. The van der Waals surface area contributed by atoms with E-state index in [1.54, 1.807) is 11.9 Å². The summed E-state index contributed by atoms with van der Waals surface area (Å²) in [5.74, 6) is 0.320. The summed E-state index contributed by atoms with van der Waals surface area (Å²) in [5, 5.41) is 3.57. The molecule has 24 heavy (non-hydrogen) atoms. The summed E-state index contributed by atoms with van der Waals surface area (Å²) in [5.41, 5.74) is 0.739. The molecule has 1 aromatic carbocycles. The Balaban J connectivity index is 1.83. The number of rotatable bonds is 4. The summed E-state index contributed by atoms with van der Waals surface area (Å²) >= 11 is 6.13. The molecule has 0 unspecified atom stereocenters. The molecule has 1 fully saturated rings. The van der Waals surface area contributed by atoms with Gasteiger partial charge < -0.3 is 15.1 Å². The summed E-state index contributed by atoms with van der Waals surface area (Å²) in [6.07, 6.45) is 0.492. The predicted molar refractivity (Wildman–Crippen MR) is 95.9 cm³/mol.